The molecule has 4 rings (SSSR count). The minimum atomic E-state index is -0.936. The number of rotatable bonds is 7. The van der Waals surface area contributed by atoms with Gasteiger partial charge in [0.15, 0.2) is 0 Å². The van der Waals surface area contributed by atoms with Crippen molar-refractivity contribution in [1.82, 2.24) is 14.9 Å². The summed E-state index contributed by atoms with van der Waals surface area (Å²) in [5, 5.41) is 8.98. The van der Waals surface area contributed by atoms with E-state index in [9.17, 15) is 4.79 Å². The van der Waals surface area contributed by atoms with Gasteiger partial charge in [0.2, 0.25) is 5.88 Å². The van der Waals surface area contributed by atoms with Gasteiger partial charge in [0, 0.05) is 12.1 Å². The van der Waals surface area contributed by atoms with E-state index in [1.807, 2.05) is 0 Å². The number of carboxylic acid groups (broad SMARTS) is 1. The van der Waals surface area contributed by atoms with Crippen LogP contribution in [0.15, 0.2) is 36.7 Å². The van der Waals surface area contributed by atoms with Crippen molar-refractivity contribution in [1.29, 1.82) is 0 Å². The van der Waals surface area contributed by atoms with Crippen LogP contribution in [0, 0.1) is 11.3 Å². The van der Waals surface area contributed by atoms with E-state index in [2.05, 4.69) is 21.8 Å². The summed E-state index contributed by atoms with van der Waals surface area (Å²) in [6.45, 7) is 6.70. The van der Waals surface area contributed by atoms with E-state index in [1.165, 1.54) is 51.7 Å². The third-order valence-corrected chi connectivity index (χ3v) is 6.40. The molecule has 0 spiro atoms. The lowest BCUT2D eigenvalue weighted by molar-refractivity contribution is 0.0560. The van der Waals surface area contributed by atoms with Crippen molar-refractivity contribution in [3.05, 3.63) is 42.2 Å². The normalized spacial score (nSPS) is 19.5. The third-order valence-electron chi connectivity index (χ3n) is 6.40. The summed E-state index contributed by atoms with van der Waals surface area (Å²) in [4.78, 5) is 22.3. The Labute approximate surface area is 171 Å². The number of hydrogen-bond acceptors (Lipinski definition) is 5. The number of ether oxygens (including phenoxy) is 1. The molecule has 154 valence electrons. The summed E-state index contributed by atoms with van der Waals surface area (Å²) in [6, 6.07) is 6.63. The molecule has 1 N–H and O–H groups in total. The Kier molecular flexibility index (Phi) is 5.81. The zero-order valence-corrected chi connectivity index (χ0v) is 17.0. The van der Waals surface area contributed by atoms with Crippen molar-refractivity contribution in [2.75, 3.05) is 26.2 Å². The molecule has 2 aliphatic rings. The predicted octanol–water partition coefficient (Wildman–Crippen LogP) is 4.12. The summed E-state index contributed by atoms with van der Waals surface area (Å²) in [5.74, 6) is 0.181. The highest BCUT2D eigenvalue weighted by Crippen LogP contribution is 2.41. The predicted molar refractivity (Wildman–Crippen MR) is 111 cm³/mol. The highest BCUT2D eigenvalue weighted by Gasteiger charge is 2.34. The van der Waals surface area contributed by atoms with E-state index in [1.54, 1.807) is 36.7 Å². The second-order valence-electron chi connectivity index (χ2n) is 8.82. The van der Waals surface area contributed by atoms with Crippen LogP contribution in [0.1, 0.15) is 49.4 Å². The Morgan fingerprint density at radius 3 is 2.45 bits per heavy atom. The quantitative estimate of drug-likeness (QED) is 0.760. The molecule has 1 saturated carbocycles. The van der Waals surface area contributed by atoms with Gasteiger partial charge in [-0.3, -0.25) is 0 Å². The molecule has 29 heavy (non-hydrogen) atoms. The Hall–Kier alpha value is -2.47. The molecular weight excluding hydrogens is 366 g/mol. The molecule has 1 aromatic heterocycles. The Balaban J connectivity index is 1.24. The van der Waals surface area contributed by atoms with Gasteiger partial charge in [0.25, 0.3) is 0 Å². The van der Waals surface area contributed by atoms with Gasteiger partial charge < -0.3 is 14.7 Å². The van der Waals surface area contributed by atoms with E-state index >= 15 is 0 Å². The van der Waals surface area contributed by atoms with Gasteiger partial charge in [-0.2, -0.15) is 0 Å². The molecule has 0 bridgehead atoms. The average molecular weight is 396 g/mol. The van der Waals surface area contributed by atoms with Crippen molar-refractivity contribution in [2.24, 2.45) is 11.3 Å². The molecular formula is C23H29N3O3. The summed E-state index contributed by atoms with van der Waals surface area (Å²) in [6.07, 6.45) is 9.84. The molecule has 0 amide bonds. The number of benzene rings is 1. The van der Waals surface area contributed by atoms with Gasteiger partial charge in [-0.1, -0.05) is 25.5 Å². The number of carboxylic acids is 1. The standard InChI is InChI=1S/C23H29N3O3/c1-23(9-2-10-23)16-26-11-7-17(8-12-26)15-29-21-14-24-20(13-25-21)18-3-5-19(6-4-18)22(27)28/h3-6,13-14,17H,2,7-12,15-16H2,1H3,(H,27,28). The van der Waals surface area contributed by atoms with Crippen LogP contribution in [0.25, 0.3) is 11.3 Å². The minimum absolute atomic E-state index is 0.259. The van der Waals surface area contributed by atoms with Crippen molar-refractivity contribution in [3.63, 3.8) is 0 Å². The molecule has 1 aromatic carbocycles. The maximum Gasteiger partial charge on any atom is 0.335 e. The van der Waals surface area contributed by atoms with Gasteiger partial charge in [0.05, 0.1) is 30.3 Å². The zero-order valence-electron chi connectivity index (χ0n) is 17.0. The van der Waals surface area contributed by atoms with E-state index in [-0.39, 0.29) is 5.56 Å². The van der Waals surface area contributed by atoms with Crippen LogP contribution in [0.3, 0.4) is 0 Å². The zero-order chi connectivity index (χ0) is 20.3. The van der Waals surface area contributed by atoms with Gasteiger partial charge in [-0.25, -0.2) is 14.8 Å². The molecule has 0 atom stereocenters. The van der Waals surface area contributed by atoms with Gasteiger partial charge in [-0.15, -0.1) is 0 Å². The van der Waals surface area contributed by atoms with Crippen LogP contribution in [-0.2, 0) is 0 Å². The summed E-state index contributed by atoms with van der Waals surface area (Å²) in [5.41, 5.74) is 2.36. The number of likely N-dealkylation sites (tertiary alicyclic amines) is 1. The summed E-state index contributed by atoms with van der Waals surface area (Å²) < 4.78 is 5.89. The Morgan fingerprint density at radius 1 is 1.17 bits per heavy atom. The molecule has 6 nitrogen and oxygen atoms in total. The van der Waals surface area contributed by atoms with Gasteiger partial charge in [-0.05, 0) is 62.2 Å². The number of aromatic nitrogens is 2. The average Bonchev–Trinajstić information content (AvgIpc) is 2.72. The first-order valence-electron chi connectivity index (χ1n) is 10.5. The number of piperidine rings is 1. The van der Waals surface area contributed by atoms with E-state index in [0.717, 1.165) is 5.56 Å². The molecule has 0 unspecified atom stereocenters. The molecule has 2 aromatic rings. The SMILES string of the molecule is CC1(CN2CCC(COc3cnc(-c4ccc(C(=O)O)cc4)cn3)CC2)CCC1. The fraction of sp³-hybridized carbons (Fsp3) is 0.522. The monoisotopic (exact) mass is 395 g/mol. The molecule has 0 radical (unpaired) electrons. The maximum absolute atomic E-state index is 10.9. The highest BCUT2D eigenvalue weighted by atomic mass is 16.5. The van der Waals surface area contributed by atoms with Crippen LogP contribution >= 0.6 is 0 Å². The Bertz CT molecular complexity index is 823. The van der Waals surface area contributed by atoms with E-state index in [4.69, 9.17) is 9.84 Å². The van der Waals surface area contributed by atoms with Crippen LogP contribution < -0.4 is 4.74 Å². The molecule has 6 heteroatoms. The van der Waals surface area contributed by atoms with Crippen LogP contribution in [0.2, 0.25) is 0 Å². The summed E-state index contributed by atoms with van der Waals surface area (Å²) in [7, 11) is 0. The number of aromatic carboxylic acids is 1. The largest absolute Gasteiger partial charge is 0.478 e. The smallest absolute Gasteiger partial charge is 0.335 e. The first kappa shape index (κ1) is 19.8. The molecule has 2 fully saturated rings. The second kappa shape index (κ2) is 8.49. The topological polar surface area (TPSA) is 75.5 Å². The fourth-order valence-electron chi connectivity index (χ4n) is 4.32. The fourth-order valence-corrected chi connectivity index (χ4v) is 4.32. The van der Waals surface area contributed by atoms with Crippen LogP contribution in [0.5, 0.6) is 5.88 Å². The first-order valence-corrected chi connectivity index (χ1v) is 10.5. The van der Waals surface area contributed by atoms with E-state index < -0.39 is 5.97 Å². The second-order valence-corrected chi connectivity index (χ2v) is 8.82. The maximum atomic E-state index is 10.9. The highest BCUT2D eigenvalue weighted by molar-refractivity contribution is 5.88. The lowest BCUT2D eigenvalue weighted by Gasteiger charge is -2.44. The number of nitrogens with zero attached hydrogens (tertiary/aromatic N) is 3. The van der Waals surface area contributed by atoms with Gasteiger partial charge >= 0.3 is 5.97 Å². The van der Waals surface area contributed by atoms with E-state index in [0.29, 0.717) is 29.5 Å². The molecule has 2 heterocycles. The summed E-state index contributed by atoms with van der Waals surface area (Å²) >= 11 is 0. The van der Waals surface area contributed by atoms with Crippen molar-refractivity contribution >= 4 is 5.97 Å². The van der Waals surface area contributed by atoms with Crippen LogP contribution in [0.4, 0.5) is 0 Å². The lowest BCUT2D eigenvalue weighted by Crippen LogP contribution is -2.44. The first-order chi connectivity index (χ1) is 14.0. The molecule has 1 saturated heterocycles. The lowest BCUT2D eigenvalue weighted by atomic mass is 9.70. The number of hydrogen-bond donors (Lipinski definition) is 1. The minimum Gasteiger partial charge on any atom is -0.478 e. The van der Waals surface area contributed by atoms with Crippen molar-refractivity contribution in [3.8, 4) is 17.1 Å². The third kappa shape index (κ3) is 4.93. The van der Waals surface area contributed by atoms with Gasteiger partial charge in [0.1, 0.15) is 0 Å². The number of carbonyl (C=O) groups is 1. The molecule has 1 aliphatic carbocycles. The van der Waals surface area contributed by atoms with Crippen LogP contribution in [-0.4, -0.2) is 52.2 Å². The Morgan fingerprint density at radius 2 is 1.90 bits per heavy atom. The van der Waals surface area contributed by atoms with Crippen molar-refractivity contribution in [2.45, 2.75) is 39.0 Å². The molecule has 1 aliphatic heterocycles. The van der Waals surface area contributed by atoms with Crippen molar-refractivity contribution < 1.29 is 14.6 Å².